The normalized spacial score (nSPS) is 13.0. The molecule has 0 spiro atoms. The van der Waals surface area contributed by atoms with Crippen LogP contribution in [0.2, 0.25) is 0 Å². The quantitative estimate of drug-likeness (QED) is 0.780. The fourth-order valence-electron chi connectivity index (χ4n) is 2.83. The maximum atomic E-state index is 12.4. The summed E-state index contributed by atoms with van der Waals surface area (Å²) >= 11 is 0. The second-order valence-corrected chi connectivity index (χ2v) is 6.06. The molecule has 1 aliphatic rings. The molecule has 0 fully saturated rings. The fraction of sp³-hybridized carbons (Fsp3) is 0.316. The molecule has 134 valence electrons. The van der Waals surface area contributed by atoms with Gasteiger partial charge in [-0.05, 0) is 24.8 Å². The minimum atomic E-state index is -0.0620. The zero-order valence-corrected chi connectivity index (χ0v) is 15.2. The second-order valence-electron chi connectivity index (χ2n) is 6.06. The van der Waals surface area contributed by atoms with Gasteiger partial charge in [0.2, 0.25) is 12.7 Å². The Morgan fingerprint density at radius 2 is 1.84 bits per heavy atom. The number of ether oxygens (including phenoxy) is 2. The number of aryl methyl sites for hydroxylation is 1. The van der Waals surface area contributed by atoms with Crippen molar-refractivity contribution in [3.8, 4) is 11.5 Å². The largest absolute Gasteiger partial charge is 0.454 e. The SMILES string of the molecule is CCC(CC(=O)Nc1cc2c(cc1N)OCO2)c1ccc(C)cc1.Cl. The number of nitrogen functional groups attached to an aromatic ring is 1. The van der Waals surface area contributed by atoms with Gasteiger partial charge >= 0.3 is 0 Å². The highest BCUT2D eigenvalue weighted by molar-refractivity contribution is 5.95. The number of nitrogens with one attached hydrogen (secondary N) is 1. The number of hydrogen-bond donors (Lipinski definition) is 2. The van der Waals surface area contributed by atoms with Crippen molar-refractivity contribution in [3.05, 3.63) is 47.5 Å². The Hall–Kier alpha value is -2.40. The lowest BCUT2D eigenvalue weighted by Crippen LogP contribution is -2.16. The van der Waals surface area contributed by atoms with Crippen LogP contribution in [0.4, 0.5) is 11.4 Å². The van der Waals surface area contributed by atoms with E-state index in [0.717, 1.165) is 6.42 Å². The number of rotatable bonds is 5. The number of carbonyl (C=O) groups is 1. The lowest BCUT2D eigenvalue weighted by Gasteiger charge is -2.16. The Kier molecular flexibility index (Phi) is 6.15. The molecule has 2 aromatic rings. The molecule has 0 bridgehead atoms. The van der Waals surface area contributed by atoms with Gasteiger partial charge in [0.25, 0.3) is 0 Å². The van der Waals surface area contributed by atoms with Crippen molar-refractivity contribution in [2.45, 2.75) is 32.6 Å². The van der Waals surface area contributed by atoms with Crippen molar-refractivity contribution in [3.63, 3.8) is 0 Å². The number of halogens is 1. The van der Waals surface area contributed by atoms with E-state index in [1.165, 1.54) is 11.1 Å². The van der Waals surface area contributed by atoms with Gasteiger partial charge in [0, 0.05) is 18.6 Å². The van der Waals surface area contributed by atoms with E-state index in [-0.39, 0.29) is 31.0 Å². The number of hydrogen-bond acceptors (Lipinski definition) is 4. The molecular weight excluding hydrogens is 340 g/mol. The first-order valence-electron chi connectivity index (χ1n) is 8.12. The number of amides is 1. The molecule has 3 rings (SSSR count). The highest BCUT2D eigenvalue weighted by Gasteiger charge is 2.19. The highest BCUT2D eigenvalue weighted by atomic mass is 35.5. The van der Waals surface area contributed by atoms with Crippen LogP contribution in [0.15, 0.2) is 36.4 Å². The van der Waals surface area contributed by atoms with Gasteiger partial charge in [0.15, 0.2) is 11.5 Å². The van der Waals surface area contributed by atoms with E-state index in [1.807, 2.05) is 0 Å². The van der Waals surface area contributed by atoms with Crippen molar-refractivity contribution in [2.24, 2.45) is 0 Å². The molecule has 1 aliphatic heterocycles. The van der Waals surface area contributed by atoms with Crippen molar-refractivity contribution in [1.82, 2.24) is 0 Å². The summed E-state index contributed by atoms with van der Waals surface area (Å²) in [4.78, 5) is 12.4. The minimum absolute atomic E-state index is 0. The Morgan fingerprint density at radius 1 is 1.20 bits per heavy atom. The lowest BCUT2D eigenvalue weighted by atomic mass is 9.92. The number of benzene rings is 2. The molecule has 2 aromatic carbocycles. The fourth-order valence-corrected chi connectivity index (χ4v) is 2.83. The van der Waals surface area contributed by atoms with Crippen molar-refractivity contribution in [2.75, 3.05) is 17.8 Å². The first-order chi connectivity index (χ1) is 11.6. The van der Waals surface area contributed by atoms with Crippen LogP contribution in [-0.4, -0.2) is 12.7 Å². The number of fused-ring (bicyclic) bond motifs is 1. The summed E-state index contributed by atoms with van der Waals surface area (Å²) in [5.74, 6) is 1.33. The van der Waals surface area contributed by atoms with Gasteiger partial charge in [0.1, 0.15) is 0 Å². The number of nitrogens with two attached hydrogens (primary N) is 1. The van der Waals surface area contributed by atoms with Crippen LogP contribution in [0.25, 0.3) is 0 Å². The van der Waals surface area contributed by atoms with Gasteiger partial charge in [-0.25, -0.2) is 0 Å². The van der Waals surface area contributed by atoms with Gasteiger partial charge in [-0.2, -0.15) is 0 Å². The molecule has 1 unspecified atom stereocenters. The average molecular weight is 363 g/mol. The van der Waals surface area contributed by atoms with Gasteiger partial charge < -0.3 is 20.5 Å². The highest BCUT2D eigenvalue weighted by Crippen LogP contribution is 2.38. The molecule has 0 aliphatic carbocycles. The molecule has 0 aromatic heterocycles. The van der Waals surface area contributed by atoms with Crippen LogP contribution in [-0.2, 0) is 4.79 Å². The number of carbonyl (C=O) groups excluding carboxylic acids is 1. The summed E-state index contributed by atoms with van der Waals surface area (Å²) in [6.45, 7) is 4.32. The van der Waals surface area contributed by atoms with Crippen molar-refractivity contribution < 1.29 is 14.3 Å². The third-order valence-electron chi connectivity index (χ3n) is 4.29. The molecule has 0 saturated carbocycles. The van der Waals surface area contributed by atoms with Gasteiger partial charge in [-0.15, -0.1) is 12.4 Å². The topological polar surface area (TPSA) is 73.6 Å². The summed E-state index contributed by atoms with van der Waals surface area (Å²) in [5, 5.41) is 2.89. The average Bonchev–Trinajstić information content (AvgIpc) is 3.01. The lowest BCUT2D eigenvalue weighted by molar-refractivity contribution is -0.116. The van der Waals surface area contributed by atoms with E-state index in [2.05, 4.69) is 43.4 Å². The summed E-state index contributed by atoms with van der Waals surface area (Å²) < 4.78 is 10.6. The molecule has 6 heteroatoms. The zero-order valence-electron chi connectivity index (χ0n) is 14.4. The van der Waals surface area contributed by atoms with Crippen LogP contribution in [0.3, 0.4) is 0 Å². The molecule has 3 N–H and O–H groups in total. The maximum Gasteiger partial charge on any atom is 0.231 e. The first kappa shape index (κ1) is 18.9. The third kappa shape index (κ3) is 4.37. The first-order valence-corrected chi connectivity index (χ1v) is 8.12. The standard InChI is InChI=1S/C19H22N2O3.ClH/c1-3-13(14-6-4-12(2)5-7-14)8-19(22)21-16-10-18-17(9-15(16)20)23-11-24-18;/h4-7,9-10,13H,3,8,11,20H2,1-2H3,(H,21,22);1H. The smallest absolute Gasteiger partial charge is 0.231 e. The molecule has 25 heavy (non-hydrogen) atoms. The Bertz CT molecular complexity index is 747. The van der Waals surface area contributed by atoms with Crippen LogP contribution in [0.5, 0.6) is 11.5 Å². The van der Waals surface area contributed by atoms with E-state index in [9.17, 15) is 4.79 Å². The van der Waals surface area contributed by atoms with Crippen molar-refractivity contribution in [1.29, 1.82) is 0 Å². The molecule has 5 nitrogen and oxygen atoms in total. The Balaban J connectivity index is 0.00000225. The second kappa shape index (κ2) is 8.12. The third-order valence-corrected chi connectivity index (χ3v) is 4.29. The number of anilines is 2. The van der Waals surface area contributed by atoms with E-state index in [0.29, 0.717) is 29.3 Å². The van der Waals surface area contributed by atoms with E-state index in [1.54, 1.807) is 12.1 Å². The Labute approximate surface area is 153 Å². The summed E-state index contributed by atoms with van der Waals surface area (Å²) in [7, 11) is 0. The summed E-state index contributed by atoms with van der Waals surface area (Å²) in [6, 6.07) is 11.7. The summed E-state index contributed by atoms with van der Waals surface area (Å²) in [5.41, 5.74) is 9.40. The molecular formula is C19H23ClN2O3. The van der Waals surface area contributed by atoms with Crippen LogP contribution < -0.4 is 20.5 Å². The molecule has 0 saturated heterocycles. The predicted octanol–water partition coefficient (Wildman–Crippen LogP) is 4.25. The van der Waals surface area contributed by atoms with Crippen molar-refractivity contribution >= 4 is 29.7 Å². The van der Waals surface area contributed by atoms with E-state index in [4.69, 9.17) is 15.2 Å². The Morgan fingerprint density at radius 3 is 2.48 bits per heavy atom. The van der Waals surface area contributed by atoms with E-state index >= 15 is 0 Å². The molecule has 0 radical (unpaired) electrons. The summed E-state index contributed by atoms with van der Waals surface area (Å²) in [6.07, 6.45) is 1.31. The molecule has 1 amide bonds. The van der Waals surface area contributed by atoms with E-state index < -0.39 is 0 Å². The monoisotopic (exact) mass is 362 g/mol. The predicted molar refractivity (Wildman–Crippen MR) is 102 cm³/mol. The van der Waals surface area contributed by atoms with Crippen LogP contribution in [0, 0.1) is 6.92 Å². The van der Waals surface area contributed by atoms with Crippen LogP contribution in [0.1, 0.15) is 36.8 Å². The molecule has 1 atom stereocenters. The van der Waals surface area contributed by atoms with Gasteiger partial charge in [0.05, 0.1) is 11.4 Å². The maximum absolute atomic E-state index is 12.4. The van der Waals surface area contributed by atoms with Gasteiger partial charge in [-0.1, -0.05) is 36.8 Å². The zero-order chi connectivity index (χ0) is 17.1. The van der Waals surface area contributed by atoms with Gasteiger partial charge in [-0.3, -0.25) is 4.79 Å². The van der Waals surface area contributed by atoms with Crippen LogP contribution >= 0.6 is 12.4 Å². The minimum Gasteiger partial charge on any atom is -0.454 e. The molecule has 1 heterocycles.